The number of carbonyl (C=O) groups is 3. The summed E-state index contributed by atoms with van der Waals surface area (Å²) >= 11 is 0. The zero-order valence-electron chi connectivity index (χ0n) is 19.2. The first-order valence-electron chi connectivity index (χ1n) is 11.4. The van der Waals surface area contributed by atoms with Crippen LogP contribution in [-0.4, -0.2) is 49.3 Å². The average Bonchev–Trinajstić information content (AvgIpc) is 3.42. The van der Waals surface area contributed by atoms with Crippen molar-refractivity contribution < 1.29 is 14.4 Å². The Balaban J connectivity index is 1.34. The summed E-state index contributed by atoms with van der Waals surface area (Å²) in [5.74, 6) is -0.392. The van der Waals surface area contributed by atoms with Crippen LogP contribution in [0.3, 0.4) is 0 Å². The number of carbonyl (C=O) groups excluding carboxylic acids is 3. The third-order valence-corrected chi connectivity index (χ3v) is 5.80. The molecular formula is C27H28N4O3. The van der Waals surface area contributed by atoms with Gasteiger partial charge < -0.3 is 20.4 Å². The SMILES string of the molecule is CN(C(=O)c1cccc(NCC(=O)Nc2cccc(C(=O)N3CCCC3)c2)c1)c1ccccc1. The number of amides is 3. The highest BCUT2D eigenvalue weighted by molar-refractivity contribution is 6.06. The topological polar surface area (TPSA) is 81.8 Å². The summed E-state index contributed by atoms with van der Waals surface area (Å²) in [6.45, 7) is 1.58. The number of nitrogens with one attached hydrogen (secondary N) is 2. The van der Waals surface area contributed by atoms with Gasteiger partial charge in [-0.2, -0.15) is 0 Å². The molecule has 1 aliphatic rings. The van der Waals surface area contributed by atoms with Crippen LogP contribution in [0.2, 0.25) is 0 Å². The van der Waals surface area contributed by atoms with Crippen LogP contribution in [0.5, 0.6) is 0 Å². The van der Waals surface area contributed by atoms with Gasteiger partial charge in [-0.3, -0.25) is 14.4 Å². The van der Waals surface area contributed by atoms with Crippen LogP contribution in [0.25, 0.3) is 0 Å². The smallest absolute Gasteiger partial charge is 0.258 e. The van der Waals surface area contributed by atoms with Gasteiger partial charge in [0.05, 0.1) is 6.54 Å². The van der Waals surface area contributed by atoms with Gasteiger partial charge in [0, 0.05) is 48.3 Å². The number of rotatable bonds is 7. The van der Waals surface area contributed by atoms with Crippen LogP contribution in [0, 0.1) is 0 Å². The van der Waals surface area contributed by atoms with Gasteiger partial charge in [-0.1, -0.05) is 30.3 Å². The Kier molecular flexibility index (Phi) is 7.22. The van der Waals surface area contributed by atoms with Crippen molar-refractivity contribution in [2.24, 2.45) is 0 Å². The minimum absolute atomic E-state index is 0.00585. The molecule has 1 saturated heterocycles. The molecule has 7 heteroatoms. The first kappa shape index (κ1) is 23.0. The fraction of sp³-hybridized carbons (Fsp3) is 0.222. The lowest BCUT2D eigenvalue weighted by Crippen LogP contribution is -2.28. The number of para-hydroxylation sites is 1. The summed E-state index contributed by atoms with van der Waals surface area (Å²) in [5.41, 5.74) is 3.13. The molecule has 0 saturated carbocycles. The molecule has 174 valence electrons. The van der Waals surface area contributed by atoms with E-state index >= 15 is 0 Å². The van der Waals surface area contributed by atoms with E-state index in [1.807, 2.05) is 41.3 Å². The third-order valence-electron chi connectivity index (χ3n) is 5.80. The van der Waals surface area contributed by atoms with E-state index in [2.05, 4.69) is 10.6 Å². The maximum atomic E-state index is 12.8. The summed E-state index contributed by atoms with van der Waals surface area (Å²) in [7, 11) is 1.73. The molecule has 0 unspecified atom stereocenters. The standard InChI is InChI=1S/C27H28N4O3/c1-30(24-13-3-2-4-14-24)26(33)20-9-7-11-22(17-20)28-19-25(32)29-23-12-8-10-21(18-23)27(34)31-15-5-6-16-31/h2-4,7-14,17-18,28H,5-6,15-16,19H2,1H3,(H,29,32). The molecule has 1 aliphatic heterocycles. The quantitative estimate of drug-likeness (QED) is 0.557. The molecule has 4 rings (SSSR count). The average molecular weight is 457 g/mol. The van der Waals surface area contributed by atoms with E-state index in [9.17, 15) is 14.4 Å². The van der Waals surface area contributed by atoms with E-state index in [0.717, 1.165) is 31.6 Å². The molecule has 1 heterocycles. The van der Waals surface area contributed by atoms with Crippen molar-refractivity contribution in [1.29, 1.82) is 0 Å². The largest absolute Gasteiger partial charge is 0.376 e. The Morgan fingerprint density at radius 2 is 1.47 bits per heavy atom. The van der Waals surface area contributed by atoms with Crippen molar-refractivity contribution in [2.75, 3.05) is 42.2 Å². The first-order valence-corrected chi connectivity index (χ1v) is 11.4. The van der Waals surface area contributed by atoms with Crippen molar-refractivity contribution >= 4 is 34.8 Å². The van der Waals surface area contributed by atoms with Crippen molar-refractivity contribution in [3.63, 3.8) is 0 Å². The lowest BCUT2D eigenvalue weighted by molar-refractivity contribution is -0.114. The van der Waals surface area contributed by atoms with Gasteiger partial charge >= 0.3 is 0 Å². The van der Waals surface area contributed by atoms with Crippen molar-refractivity contribution in [3.05, 3.63) is 90.0 Å². The molecular weight excluding hydrogens is 428 g/mol. The zero-order valence-corrected chi connectivity index (χ0v) is 19.2. The minimum atomic E-state index is -0.246. The second kappa shape index (κ2) is 10.7. The normalized spacial score (nSPS) is 12.8. The van der Waals surface area contributed by atoms with Crippen LogP contribution in [0.4, 0.5) is 17.1 Å². The number of likely N-dealkylation sites (tertiary alicyclic amines) is 1. The monoisotopic (exact) mass is 456 g/mol. The predicted molar refractivity (Wildman–Crippen MR) is 134 cm³/mol. The van der Waals surface area contributed by atoms with Gasteiger partial charge in [0.15, 0.2) is 0 Å². The van der Waals surface area contributed by atoms with Gasteiger partial charge in [-0.15, -0.1) is 0 Å². The molecule has 0 spiro atoms. The molecule has 1 fully saturated rings. The fourth-order valence-electron chi connectivity index (χ4n) is 3.94. The summed E-state index contributed by atoms with van der Waals surface area (Å²) in [6.07, 6.45) is 2.06. The lowest BCUT2D eigenvalue weighted by Gasteiger charge is -2.18. The van der Waals surface area contributed by atoms with E-state index in [4.69, 9.17) is 0 Å². The maximum Gasteiger partial charge on any atom is 0.258 e. The van der Waals surface area contributed by atoms with Gasteiger partial charge in [-0.25, -0.2) is 0 Å². The zero-order chi connectivity index (χ0) is 23.9. The molecule has 0 aliphatic carbocycles. The minimum Gasteiger partial charge on any atom is -0.376 e. The Morgan fingerprint density at radius 1 is 0.824 bits per heavy atom. The number of hydrogen-bond donors (Lipinski definition) is 2. The highest BCUT2D eigenvalue weighted by Gasteiger charge is 2.19. The second-order valence-electron chi connectivity index (χ2n) is 8.26. The Morgan fingerprint density at radius 3 is 2.21 bits per heavy atom. The number of nitrogens with zero attached hydrogens (tertiary/aromatic N) is 2. The number of benzene rings is 3. The molecule has 2 N–H and O–H groups in total. The molecule has 0 aromatic heterocycles. The molecule has 3 aromatic carbocycles. The molecule has 7 nitrogen and oxygen atoms in total. The fourth-order valence-corrected chi connectivity index (χ4v) is 3.94. The Hall–Kier alpha value is -4.13. The summed E-state index contributed by atoms with van der Waals surface area (Å²) in [4.78, 5) is 41.4. The molecule has 0 atom stereocenters. The maximum absolute atomic E-state index is 12.8. The van der Waals surface area contributed by atoms with Crippen LogP contribution in [0.1, 0.15) is 33.6 Å². The van der Waals surface area contributed by atoms with E-state index in [-0.39, 0.29) is 24.3 Å². The molecule has 34 heavy (non-hydrogen) atoms. The van der Waals surface area contributed by atoms with Crippen LogP contribution in [-0.2, 0) is 4.79 Å². The van der Waals surface area contributed by atoms with Crippen LogP contribution < -0.4 is 15.5 Å². The first-order chi connectivity index (χ1) is 16.5. The van der Waals surface area contributed by atoms with Crippen LogP contribution in [0.15, 0.2) is 78.9 Å². The highest BCUT2D eigenvalue weighted by Crippen LogP contribution is 2.18. The molecule has 0 bridgehead atoms. The van der Waals surface area contributed by atoms with Crippen molar-refractivity contribution in [2.45, 2.75) is 12.8 Å². The van der Waals surface area contributed by atoms with Crippen molar-refractivity contribution in [3.8, 4) is 0 Å². The number of anilines is 3. The molecule has 3 amide bonds. The summed E-state index contributed by atoms with van der Waals surface area (Å²) in [6, 6.07) is 23.5. The van der Waals surface area contributed by atoms with Crippen LogP contribution >= 0.6 is 0 Å². The van der Waals surface area contributed by atoms with E-state index < -0.39 is 0 Å². The molecule has 0 radical (unpaired) electrons. The van der Waals surface area contributed by atoms with Gasteiger partial charge in [0.1, 0.15) is 0 Å². The highest BCUT2D eigenvalue weighted by atomic mass is 16.2. The second-order valence-corrected chi connectivity index (χ2v) is 8.26. The van der Waals surface area contributed by atoms with Gasteiger partial charge in [-0.05, 0) is 61.4 Å². The van der Waals surface area contributed by atoms with Crippen molar-refractivity contribution in [1.82, 2.24) is 4.90 Å². The van der Waals surface area contributed by atoms with E-state index in [1.165, 1.54) is 0 Å². The van der Waals surface area contributed by atoms with E-state index in [1.54, 1.807) is 54.4 Å². The molecule has 3 aromatic rings. The Bertz CT molecular complexity index is 1170. The van der Waals surface area contributed by atoms with Gasteiger partial charge in [0.25, 0.3) is 11.8 Å². The lowest BCUT2D eigenvalue weighted by atomic mass is 10.1. The number of hydrogen-bond acceptors (Lipinski definition) is 4. The predicted octanol–water partition coefficient (Wildman–Crippen LogP) is 4.25. The van der Waals surface area contributed by atoms with E-state index in [0.29, 0.717) is 22.5 Å². The summed E-state index contributed by atoms with van der Waals surface area (Å²) < 4.78 is 0. The summed E-state index contributed by atoms with van der Waals surface area (Å²) in [5, 5.41) is 5.89. The third kappa shape index (κ3) is 5.61. The van der Waals surface area contributed by atoms with Gasteiger partial charge in [0.2, 0.25) is 5.91 Å². The Labute approximate surface area is 199 Å².